The van der Waals surface area contributed by atoms with Gasteiger partial charge in [0.25, 0.3) is 0 Å². The highest BCUT2D eigenvalue weighted by atomic mass is 16.5. The van der Waals surface area contributed by atoms with Gasteiger partial charge < -0.3 is 9.64 Å². The number of aromatic amines is 1. The van der Waals surface area contributed by atoms with Crippen LogP contribution in [-0.2, 0) is 4.74 Å². The summed E-state index contributed by atoms with van der Waals surface area (Å²) < 4.78 is 5.73. The third-order valence-electron chi connectivity index (χ3n) is 3.63. The highest BCUT2D eigenvalue weighted by Crippen LogP contribution is 2.28. The van der Waals surface area contributed by atoms with Gasteiger partial charge in [0.15, 0.2) is 5.65 Å². The number of fused-ring (bicyclic) bond motifs is 1. The molecule has 1 aliphatic rings. The second kappa shape index (κ2) is 5.22. The molecular weight excluding hydrogens is 258 g/mol. The van der Waals surface area contributed by atoms with Crippen molar-refractivity contribution in [1.29, 1.82) is 0 Å². The van der Waals surface area contributed by atoms with Crippen LogP contribution >= 0.6 is 0 Å². The second-order valence-corrected chi connectivity index (χ2v) is 5.01. The van der Waals surface area contributed by atoms with Crippen molar-refractivity contribution in [2.24, 2.45) is 5.84 Å². The first-order chi connectivity index (χ1) is 9.72. The van der Waals surface area contributed by atoms with E-state index in [9.17, 15) is 0 Å². The molecule has 3 heterocycles. The molecule has 0 aromatic carbocycles. The molecule has 0 radical (unpaired) electrons. The number of hydrogen-bond acceptors (Lipinski definition) is 7. The Bertz CT molecular complexity index is 599. The summed E-state index contributed by atoms with van der Waals surface area (Å²) in [5.41, 5.74) is 3.18. The van der Waals surface area contributed by atoms with Crippen LogP contribution in [0, 0.1) is 0 Å². The van der Waals surface area contributed by atoms with Gasteiger partial charge in [0, 0.05) is 6.54 Å². The first-order valence-electron chi connectivity index (χ1n) is 6.79. The number of ether oxygens (including phenoxy) is 1. The van der Waals surface area contributed by atoms with Crippen molar-refractivity contribution in [2.45, 2.75) is 32.4 Å². The molecule has 1 aliphatic heterocycles. The zero-order valence-corrected chi connectivity index (χ0v) is 11.6. The van der Waals surface area contributed by atoms with Crippen molar-refractivity contribution in [2.75, 3.05) is 23.5 Å². The summed E-state index contributed by atoms with van der Waals surface area (Å²) in [6.07, 6.45) is 2.91. The number of nitrogen functional groups attached to an aromatic ring is 1. The number of aromatic nitrogens is 4. The lowest BCUT2D eigenvalue weighted by atomic mass is 10.1. The summed E-state index contributed by atoms with van der Waals surface area (Å²) >= 11 is 0. The third kappa shape index (κ3) is 2.16. The number of anilines is 2. The van der Waals surface area contributed by atoms with Crippen LogP contribution in [0.4, 0.5) is 11.8 Å². The van der Waals surface area contributed by atoms with Gasteiger partial charge in [-0.05, 0) is 13.3 Å². The summed E-state index contributed by atoms with van der Waals surface area (Å²) in [5.74, 6) is 6.68. The van der Waals surface area contributed by atoms with E-state index in [2.05, 4.69) is 44.3 Å². The monoisotopic (exact) mass is 277 g/mol. The first kappa shape index (κ1) is 13.1. The van der Waals surface area contributed by atoms with Gasteiger partial charge in [0.05, 0.1) is 30.3 Å². The number of nitrogens with two attached hydrogens (primary N) is 1. The lowest BCUT2D eigenvalue weighted by molar-refractivity contribution is 0.0297. The Hall–Kier alpha value is -1.93. The van der Waals surface area contributed by atoms with Crippen molar-refractivity contribution in [3.05, 3.63) is 6.20 Å². The Morgan fingerprint density at radius 3 is 3.15 bits per heavy atom. The number of hydrogen-bond donors (Lipinski definition) is 3. The number of morpholine rings is 1. The molecule has 0 aliphatic carbocycles. The van der Waals surface area contributed by atoms with E-state index in [0.717, 1.165) is 24.2 Å². The molecule has 2 atom stereocenters. The van der Waals surface area contributed by atoms with Gasteiger partial charge in [-0.1, -0.05) is 6.92 Å². The SMILES string of the molecule is CCC1COC(C)CN1c1nc(NN)nc2[nH]ncc12. The molecule has 0 bridgehead atoms. The van der Waals surface area contributed by atoms with Crippen molar-refractivity contribution in [3.8, 4) is 0 Å². The van der Waals surface area contributed by atoms with Gasteiger partial charge in [0.1, 0.15) is 5.82 Å². The normalized spacial score (nSPS) is 23.2. The number of nitrogens with one attached hydrogen (secondary N) is 2. The first-order valence-corrected chi connectivity index (χ1v) is 6.79. The van der Waals surface area contributed by atoms with E-state index in [1.54, 1.807) is 6.20 Å². The van der Waals surface area contributed by atoms with E-state index in [1.807, 2.05) is 0 Å². The van der Waals surface area contributed by atoms with E-state index in [-0.39, 0.29) is 6.10 Å². The fourth-order valence-corrected chi connectivity index (χ4v) is 2.54. The number of rotatable bonds is 3. The van der Waals surface area contributed by atoms with Crippen molar-refractivity contribution < 1.29 is 4.74 Å². The maximum atomic E-state index is 5.73. The smallest absolute Gasteiger partial charge is 0.241 e. The average Bonchev–Trinajstić information content (AvgIpc) is 2.94. The van der Waals surface area contributed by atoms with Crippen LogP contribution in [0.1, 0.15) is 20.3 Å². The van der Waals surface area contributed by atoms with Crippen LogP contribution in [-0.4, -0.2) is 45.5 Å². The van der Waals surface area contributed by atoms with Crippen LogP contribution in [0.5, 0.6) is 0 Å². The molecule has 4 N–H and O–H groups in total. The number of hydrazine groups is 1. The van der Waals surface area contributed by atoms with Gasteiger partial charge in [-0.15, -0.1) is 0 Å². The van der Waals surface area contributed by atoms with E-state index in [1.165, 1.54) is 0 Å². The zero-order chi connectivity index (χ0) is 14.1. The Labute approximate surface area is 116 Å². The fourth-order valence-electron chi connectivity index (χ4n) is 2.54. The number of H-pyrrole nitrogens is 1. The Balaban J connectivity index is 2.08. The largest absolute Gasteiger partial charge is 0.375 e. The maximum Gasteiger partial charge on any atom is 0.241 e. The van der Waals surface area contributed by atoms with Gasteiger partial charge in [-0.3, -0.25) is 10.5 Å². The summed E-state index contributed by atoms with van der Waals surface area (Å²) in [6, 6.07) is 0.296. The van der Waals surface area contributed by atoms with Gasteiger partial charge in [0.2, 0.25) is 5.95 Å². The van der Waals surface area contributed by atoms with Gasteiger partial charge in [-0.2, -0.15) is 15.1 Å². The van der Waals surface area contributed by atoms with Crippen LogP contribution in [0.3, 0.4) is 0 Å². The highest BCUT2D eigenvalue weighted by molar-refractivity contribution is 5.87. The zero-order valence-electron chi connectivity index (χ0n) is 11.6. The molecule has 2 aromatic heterocycles. The lowest BCUT2D eigenvalue weighted by Crippen LogP contribution is -2.49. The Kier molecular flexibility index (Phi) is 3.41. The summed E-state index contributed by atoms with van der Waals surface area (Å²) in [5, 5.41) is 7.81. The summed E-state index contributed by atoms with van der Waals surface area (Å²) in [4.78, 5) is 11.0. The van der Waals surface area contributed by atoms with Crippen LogP contribution in [0.2, 0.25) is 0 Å². The molecule has 1 saturated heterocycles. The minimum atomic E-state index is 0.170. The molecule has 108 valence electrons. The van der Waals surface area contributed by atoms with E-state index in [0.29, 0.717) is 24.2 Å². The van der Waals surface area contributed by atoms with E-state index >= 15 is 0 Å². The molecule has 0 spiro atoms. The van der Waals surface area contributed by atoms with E-state index < -0.39 is 0 Å². The minimum Gasteiger partial charge on any atom is -0.375 e. The van der Waals surface area contributed by atoms with Crippen LogP contribution in [0.15, 0.2) is 6.20 Å². The standard InChI is InChI=1S/C12H19N7O/c1-3-8-6-20-7(2)5-19(8)11-9-4-14-18-10(9)15-12(16-11)17-13/h4,7-8H,3,5-6,13H2,1-2H3,(H2,14,15,16,17,18). The molecule has 2 aromatic rings. The molecule has 0 amide bonds. The molecular formula is C12H19N7O. The number of nitrogens with zero attached hydrogens (tertiary/aromatic N) is 4. The molecule has 8 nitrogen and oxygen atoms in total. The van der Waals surface area contributed by atoms with Gasteiger partial charge >= 0.3 is 0 Å². The molecule has 20 heavy (non-hydrogen) atoms. The molecule has 1 fully saturated rings. The molecule has 2 unspecified atom stereocenters. The average molecular weight is 277 g/mol. The van der Waals surface area contributed by atoms with Crippen molar-refractivity contribution in [3.63, 3.8) is 0 Å². The maximum absolute atomic E-state index is 5.73. The lowest BCUT2D eigenvalue weighted by Gasteiger charge is -2.39. The Morgan fingerprint density at radius 1 is 1.55 bits per heavy atom. The van der Waals surface area contributed by atoms with Crippen molar-refractivity contribution in [1.82, 2.24) is 20.2 Å². The van der Waals surface area contributed by atoms with Crippen LogP contribution in [0.25, 0.3) is 11.0 Å². The quantitative estimate of drug-likeness (QED) is 0.558. The van der Waals surface area contributed by atoms with Crippen molar-refractivity contribution >= 4 is 22.8 Å². The highest BCUT2D eigenvalue weighted by Gasteiger charge is 2.28. The molecule has 8 heteroatoms. The fraction of sp³-hybridized carbons (Fsp3) is 0.583. The Morgan fingerprint density at radius 2 is 2.40 bits per heavy atom. The minimum absolute atomic E-state index is 0.170. The van der Waals surface area contributed by atoms with Crippen LogP contribution < -0.4 is 16.2 Å². The summed E-state index contributed by atoms with van der Waals surface area (Å²) in [6.45, 7) is 5.70. The molecule has 3 rings (SSSR count). The molecule has 0 saturated carbocycles. The predicted octanol–water partition coefficient (Wildman–Crippen LogP) is 0.642. The second-order valence-electron chi connectivity index (χ2n) is 5.01. The summed E-state index contributed by atoms with van der Waals surface area (Å²) in [7, 11) is 0. The van der Waals surface area contributed by atoms with Gasteiger partial charge in [-0.25, -0.2) is 5.84 Å². The predicted molar refractivity (Wildman–Crippen MR) is 76.3 cm³/mol. The topological polar surface area (TPSA) is 105 Å². The van der Waals surface area contributed by atoms with E-state index in [4.69, 9.17) is 10.6 Å². The third-order valence-corrected chi connectivity index (χ3v) is 3.63.